The smallest absolute Gasteiger partial charge is 0.246 e. The van der Waals surface area contributed by atoms with Crippen molar-refractivity contribution in [3.8, 4) is 0 Å². The molecule has 0 aromatic carbocycles. The highest BCUT2D eigenvalue weighted by atomic mass is 79.9. The lowest BCUT2D eigenvalue weighted by atomic mass is 10.2. The summed E-state index contributed by atoms with van der Waals surface area (Å²) in [5, 5.41) is 0.988. The molecule has 0 unspecified atom stereocenters. The van der Waals surface area contributed by atoms with Crippen LogP contribution in [0.1, 0.15) is 5.56 Å². The van der Waals surface area contributed by atoms with E-state index in [0.717, 1.165) is 21.1 Å². The van der Waals surface area contributed by atoms with E-state index in [0.29, 0.717) is 0 Å². The number of nitrogens with one attached hydrogen (secondary N) is 1. The van der Waals surface area contributed by atoms with Crippen molar-refractivity contribution in [2.24, 2.45) is 0 Å². The number of hydrogen-bond acceptors (Lipinski definition) is 2. The molecule has 5 heteroatoms. The van der Waals surface area contributed by atoms with Gasteiger partial charge >= 0.3 is 0 Å². The Hall–Kier alpha value is -1.62. The maximum atomic E-state index is 11.4. The van der Waals surface area contributed by atoms with Gasteiger partial charge in [0.25, 0.3) is 0 Å². The molecule has 0 saturated carbocycles. The van der Waals surface area contributed by atoms with E-state index in [4.69, 9.17) is 0 Å². The molecule has 0 radical (unpaired) electrons. The first-order chi connectivity index (χ1) is 8.08. The van der Waals surface area contributed by atoms with Gasteiger partial charge in [0, 0.05) is 48.0 Å². The van der Waals surface area contributed by atoms with Crippen LogP contribution in [0.15, 0.2) is 29.0 Å². The molecule has 88 valence electrons. The first kappa shape index (κ1) is 11.9. The Labute approximate surface area is 107 Å². The van der Waals surface area contributed by atoms with Gasteiger partial charge in [-0.05, 0) is 28.1 Å². The van der Waals surface area contributed by atoms with Crippen molar-refractivity contribution >= 4 is 38.9 Å². The molecule has 0 aliphatic heterocycles. The van der Waals surface area contributed by atoms with Gasteiger partial charge in [0.2, 0.25) is 5.91 Å². The van der Waals surface area contributed by atoms with E-state index in [1.807, 2.05) is 12.3 Å². The third-order valence-electron chi connectivity index (χ3n) is 2.38. The third kappa shape index (κ3) is 2.55. The van der Waals surface area contributed by atoms with Crippen LogP contribution in [0.5, 0.6) is 0 Å². The van der Waals surface area contributed by atoms with Crippen molar-refractivity contribution in [2.75, 3.05) is 14.1 Å². The summed E-state index contributed by atoms with van der Waals surface area (Å²) in [5.41, 5.74) is 1.76. The van der Waals surface area contributed by atoms with Crippen molar-refractivity contribution in [3.63, 3.8) is 0 Å². The average molecular weight is 294 g/mol. The molecule has 2 aromatic heterocycles. The Morgan fingerprint density at radius 1 is 1.53 bits per heavy atom. The Kier molecular flexibility index (Phi) is 3.28. The molecule has 0 fully saturated rings. The van der Waals surface area contributed by atoms with Crippen molar-refractivity contribution in [3.05, 3.63) is 34.6 Å². The lowest BCUT2D eigenvalue weighted by molar-refractivity contribution is -0.123. The third-order valence-corrected chi connectivity index (χ3v) is 2.81. The predicted octanol–water partition coefficient (Wildman–Crippen LogP) is 2.43. The highest BCUT2D eigenvalue weighted by molar-refractivity contribution is 9.10. The molecule has 0 spiro atoms. The molecule has 0 aliphatic rings. The lowest BCUT2D eigenvalue weighted by Gasteiger charge is -2.04. The van der Waals surface area contributed by atoms with Crippen LogP contribution >= 0.6 is 15.9 Å². The van der Waals surface area contributed by atoms with E-state index in [2.05, 4.69) is 25.9 Å². The zero-order valence-corrected chi connectivity index (χ0v) is 11.2. The average Bonchev–Trinajstić information content (AvgIpc) is 2.68. The van der Waals surface area contributed by atoms with E-state index in [1.54, 1.807) is 32.4 Å². The van der Waals surface area contributed by atoms with Crippen molar-refractivity contribution in [2.45, 2.75) is 0 Å². The second-order valence-corrected chi connectivity index (χ2v) is 4.78. The van der Waals surface area contributed by atoms with Crippen LogP contribution in [-0.2, 0) is 4.79 Å². The minimum absolute atomic E-state index is 0.0395. The number of carbonyl (C=O) groups is 1. The first-order valence-electron chi connectivity index (χ1n) is 5.10. The van der Waals surface area contributed by atoms with Crippen LogP contribution in [0.4, 0.5) is 0 Å². The zero-order chi connectivity index (χ0) is 12.4. The number of amides is 1. The van der Waals surface area contributed by atoms with Gasteiger partial charge in [0.1, 0.15) is 5.65 Å². The summed E-state index contributed by atoms with van der Waals surface area (Å²) in [4.78, 5) is 20.3. The summed E-state index contributed by atoms with van der Waals surface area (Å²) in [7, 11) is 3.44. The molecule has 1 amide bonds. The molecule has 2 rings (SSSR count). The molecule has 4 nitrogen and oxygen atoms in total. The summed E-state index contributed by atoms with van der Waals surface area (Å²) < 4.78 is 0.915. The standard InChI is InChI=1S/C12H12BrN3O/c1-16(2)11(17)4-3-8-6-14-12-10(8)5-9(13)7-15-12/h3-7H,1-2H3,(H,14,15). The molecule has 2 aromatic rings. The number of hydrogen-bond donors (Lipinski definition) is 1. The number of nitrogens with zero attached hydrogens (tertiary/aromatic N) is 2. The number of aromatic nitrogens is 2. The van der Waals surface area contributed by atoms with Gasteiger partial charge in [0.15, 0.2) is 0 Å². The highest BCUT2D eigenvalue weighted by Gasteiger charge is 2.03. The number of pyridine rings is 1. The second kappa shape index (κ2) is 4.71. The molecule has 2 heterocycles. The monoisotopic (exact) mass is 293 g/mol. The van der Waals surface area contributed by atoms with Gasteiger partial charge in [0.05, 0.1) is 0 Å². The van der Waals surface area contributed by atoms with Crippen LogP contribution in [0.2, 0.25) is 0 Å². The fourth-order valence-corrected chi connectivity index (χ4v) is 1.78. The molecule has 0 saturated heterocycles. The van der Waals surface area contributed by atoms with Gasteiger partial charge in [-0.1, -0.05) is 0 Å². The van der Waals surface area contributed by atoms with E-state index in [9.17, 15) is 4.79 Å². The van der Waals surface area contributed by atoms with Crippen LogP contribution in [0, 0.1) is 0 Å². The van der Waals surface area contributed by atoms with E-state index >= 15 is 0 Å². The predicted molar refractivity (Wildman–Crippen MR) is 71.5 cm³/mol. The van der Waals surface area contributed by atoms with Gasteiger partial charge in [-0.15, -0.1) is 0 Å². The van der Waals surface area contributed by atoms with Gasteiger partial charge in [-0.2, -0.15) is 0 Å². The van der Waals surface area contributed by atoms with Crippen LogP contribution in [-0.4, -0.2) is 34.9 Å². The summed E-state index contributed by atoms with van der Waals surface area (Å²) >= 11 is 3.38. The Balaban J connectivity index is 2.36. The summed E-state index contributed by atoms with van der Waals surface area (Å²) in [5.74, 6) is -0.0395. The largest absolute Gasteiger partial charge is 0.346 e. The summed E-state index contributed by atoms with van der Waals surface area (Å²) in [6.45, 7) is 0. The molecule has 0 atom stereocenters. The number of carbonyl (C=O) groups excluding carboxylic acids is 1. The number of H-pyrrole nitrogens is 1. The SMILES string of the molecule is CN(C)C(=O)C=Cc1c[nH]c2ncc(Br)cc12. The first-order valence-corrected chi connectivity index (χ1v) is 5.89. The molecule has 0 aliphatic carbocycles. The minimum atomic E-state index is -0.0395. The quantitative estimate of drug-likeness (QED) is 0.865. The van der Waals surface area contributed by atoms with Crippen LogP contribution < -0.4 is 0 Å². The Morgan fingerprint density at radius 3 is 3.00 bits per heavy atom. The molecule has 0 bridgehead atoms. The minimum Gasteiger partial charge on any atom is -0.346 e. The van der Waals surface area contributed by atoms with Crippen molar-refractivity contribution in [1.29, 1.82) is 0 Å². The van der Waals surface area contributed by atoms with Crippen LogP contribution in [0.25, 0.3) is 17.1 Å². The van der Waals surface area contributed by atoms with Crippen molar-refractivity contribution in [1.82, 2.24) is 14.9 Å². The maximum Gasteiger partial charge on any atom is 0.246 e. The fraction of sp³-hybridized carbons (Fsp3) is 0.167. The van der Waals surface area contributed by atoms with E-state index < -0.39 is 0 Å². The number of fused-ring (bicyclic) bond motifs is 1. The number of halogens is 1. The van der Waals surface area contributed by atoms with E-state index in [-0.39, 0.29) is 5.91 Å². The Bertz CT molecular complexity index is 586. The van der Waals surface area contributed by atoms with Crippen molar-refractivity contribution < 1.29 is 4.79 Å². The van der Waals surface area contributed by atoms with Gasteiger partial charge < -0.3 is 9.88 Å². The summed E-state index contributed by atoms with van der Waals surface area (Å²) in [6, 6.07) is 1.97. The maximum absolute atomic E-state index is 11.4. The highest BCUT2D eigenvalue weighted by Crippen LogP contribution is 2.21. The number of aromatic amines is 1. The fourth-order valence-electron chi connectivity index (χ4n) is 1.45. The molecule has 17 heavy (non-hydrogen) atoms. The van der Waals surface area contributed by atoms with E-state index in [1.165, 1.54) is 4.90 Å². The zero-order valence-electron chi connectivity index (χ0n) is 9.57. The summed E-state index contributed by atoms with van der Waals surface area (Å²) in [6.07, 6.45) is 6.90. The topological polar surface area (TPSA) is 49.0 Å². The van der Waals surface area contributed by atoms with Gasteiger partial charge in [-0.25, -0.2) is 4.98 Å². The molecular formula is C12H12BrN3O. The number of likely N-dealkylation sites (N-methyl/N-ethyl adjacent to an activating group) is 1. The Morgan fingerprint density at radius 2 is 2.29 bits per heavy atom. The second-order valence-electron chi connectivity index (χ2n) is 3.86. The normalized spacial score (nSPS) is 11.2. The lowest BCUT2D eigenvalue weighted by Crippen LogP contribution is -2.18. The molecular weight excluding hydrogens is 282 g/mol. The van der Waals surface area contributed by atoms with Crippen LogP contribution in [0.3, 0.4) is 0 Å². The van der Waals surface area contributed by atoms with Gasteiger partial charge in [-0.3, -0.25) is 4.79 Å². The molecule has 1 N–H and O–H groups in total. The number of rotatable bonds is 2.